The fourth-order valence-electron chi connectivity index (χ4n) is 1.31. The predicted molar refractivity (Wildman–Crippen MR) is 71.1 cm³/mol. The lowest BCUT2D eigenvalue weighted by Gasteiger charge is -2.25. The van der Waals surface area contributed by atoms with E-state index >= 15 is 0 Å². The van der Waals surface area contributed by atoms with E-state index in [9.17, 15) is 35.9 Å². The molecule has 0 aliphatic carbocycles. The van der Waals surface area contributed by atoms with Gasteiger partial charge in [0, 0.05) is 0 Å². The SMILES string of the molecule is O=C(N(C(=O)C(F)(F)F)c1c(Cl)c(Cl)cc(Cl)c1Cl)C(F)(F)F. The molecule has 1 aromatic carbocycles. The molecule has 0 atom stereocenters. The maximum atomic E-state index is 12.5. The van der Waals surface area contributed by atoms with Crippen molar-refractivity contribution in [2.45, 2.75) is 12.4 Å². The largest absolute Gasteiger partial charge is 0.472 e. The van der Waals surface area contributed by atoms with Crippen LogP contribution >= 0.6 is 46.4 Å². The van der Waals surface area contributed by atoms with Gasteiger partial charge in [-0.2, -0.15) is 26.3 Å². The van der Waals surface area contributed by atoms with E-state index in [1.165, 1.54) is 0 Å². The summed E-state index contributed by atoms with van der Waals surface area (Å²) in [4.78, 5) is 21.3. The topological polar surface area (TPSA) is 37.4 Å². The van der Waals surface area contributed by atoms with Crippen molar-refractivity contribution in [2.24, 2.45) is 0 Å². The quantitative estimate of drug-likeness (QED) is 0.456. The third kappa shape index (κ3) is 4.14. The van der Waals surface area contributed by atoms with Gasteiger partial charge in [0.25, 0.3) is 0 Å². The monoisotopic (exact) mass is 421 g/mol. The van der Waals surface area contributed by atoms with Crippen LogP contribution in [-0.4, -0.2) is 24.2 Å². The first-order valence-electron chi connectivity index (χ1n) is 5.05. The van der Waals surface area contributed by atoms with Crippen LogP contribution in [0.4, 0.5) is 32.0 Å². The minimum absolute atomic E-state index is 0.619. The van der Waals surface area contributed by atoms with Gasteiger partial charge in [0.1, 0.15) is 0 Å². The minimum atomic E-state index is -5.83. The molecule has 128 valence electrons. The number of benzene rings is 1. The Morgan fingerprint density at radius 3 is 1.35 bits per heavy atom. The van der Waals surface area contributed by atoms with E-state index < -0.39 is 54.8 Å². The van der Waals surface area contributed by atoms with Crippen LogP contribution in [0.5, 0.6) is 0 Å². The number of carbonyl (C=O) groups excluding carboxylic acids is 2. The number of halogens is 10. The molecule has 0 aliphatic heterocycles. The van der Waals surface area contributed by atoms with Gasteiger partial charge in [0.05, 0.1) is 25.8 Å². The van der Waals surface area contributed by atoms with Crippen LogP contribution in [0.3, 0.4) is 0 Å². The second kappa shape index (κ2) is 6.54. The number of imide groups is 1. The standard InChI is InChI=1S/C10HCl4F6NO2/c11-2-1-3(12)5(14)6(4(2)13)21(7(22)9(15,16)17)8(23)10(18,19)20/h1H. The second-order valence-corrected chi connectivity index (χ2v) is 5.33. The summed E-state index contributed by atoms with van der Waals surface area (Å²) in [5.74, 6) is -6.33. The fourth-order valence-corrected chi connectivity index (χ4v) is 2.27. The molecule has 13 heteroatoms. The number of alkyl halides is 6. The zero-order valence-corrected chi connectivity index (χ0v) is 13.1. The molecule has 0 aliphatic rings. The van der Waals surface area contributed by atoms with Crippen molar-refractivity contribution in [3.8, 4) is 0 Å². The number of carbonyl (C=O) groups is 2. The van der Waals surface area contributed by atoms with Crippen molar-refractivity contribution < 1.29 is 35.9 Å². The zero-order valence-electron chi connectivity index (χ0n) is 10.1. The van der Waals surface area contributed by atoms with Gasteiger partial charge in [-0.25, -0.2) is 4.90 Å². The predicted octanol–water partition coefficient (Wildman–Crippen LogP) is 5.28. The zero-order chi connectivity index (χ0) is 18.3. The lowest BCUT2D eigenvalue weighted by molar-refractivity contribution is -0.181. The molecule has 0 spiro atoms. The molecule has 0 saturated heterocycles. The van der Waals surface area contributed by atoms with Crippen molar-refractivity contribution in [3.63, 3.8) is 0 Å². The Kier molecular flexibility index (Phi) is 5.73. The summed E-state index contributed by atoms with van der Waals surface area (Å²) in [6, 6.07) is 0.811. The van der Waals surface area contributed by atoms with Crippen molar-refractivity contribution in [3.05, 3.63) is 26.2 Å². The number of nitrogens with zero attached hydrogens (tertiary/aromatic N) is 1. The molecule has 0 fully saturated rings. The number of amides is 2. The van der Waals surface area contributed by atoms with Crippen molar-refractivity contribution in [2.75, 3.05) is 4.90 Å². The second-order valence-electron chi connectivity index (χ2n) is 3.76. The summed E-state index contributed by atoms with van der Waals surface area (Å²) in [7, 11) is 0. The van der Waals surface area contributed by atoms with Gasteiger partial charge >= 0.3 is 24.2 Å². The first-order chi connectivity index (χ1) is 10.2. The molecule has 0 bridgehead atoms. The fraction of sp³-hybridized carbons (Fsp3) is 0.200. The Morgan fingerprint density at radius 1 is 0.783 bits per heavy atom. The smallest absolute Gasteiger partial charge is 0.263 e. The van der Waals surface area contributed by atoms with Gasteiger partial charge < -0.3 is 0 Å². The van der Waals surface area contributed by atoms with Crippen LogP contribution in [0, 0.1) is 0 Å². The third-order valence-electron chi connectivity index (χ3n) is 2.20. The van der Waals surface area contributed by atoms with Crippen molar-refractivity contribution >= 4 is 63.9 Å². The van der Waals surface area contributed by atoms with Crippen LogP contribution in [0.1, 0.15) is 0 Å². The van der Waals surface area contributed by atoms with Crippen LogP contribution in [0.2, 0.25) is 20.1 Å². The molecule has 1 aromatic rings. The van der Waals surface area contributed by atoms with E-state index in [1.54, 1.807) is 0 Å². The maximum absolute atomic E-state index is 12.5. The van der Waals surface area contributed by atoms with E-state index in [-0.39, 0.29) is 0 Å². The summed E-state index contributed by atoms with van der Waals surface area (Å²) in [6.07, 6.45) is -11.7. The normalized spacial score (nSPS) is 12.3. The molecule has 0 aromatic heterocycles. The minimum Gasteiger partial charge on any atom is -0.263 e. The van der Waals surface area contributed by atoms with Gasteiger partial charge in [-0.3, -0.25) is 9.59 Å². The van der Waals surface area contributed by atoms with Crippen LogP contribution in [-0.2, 0) is 9.59 Å². The molecule has 23 heavy (non-hydrogen) atoms. The number of rotatable bonds is 1. The molecule has 3 nitrogen and oxygen atoms in total. The summed E-state index contributed by atoms with van der Waals surface area (Å²) in [5, 5.41) is -3.22. The molecule has 2 amide bonds. The first-order valence-corrected chi connectivity index (χ1v) is 6.56. The summed E-state index contributed by atoms with van der Waals surface area (Å²) < 4.78 is 75.2. The average molecular weight is 423 g/mol. The average Bonchev–Trinajstić information content (AvgIpc) is 2.38. The van der Waals surface area contributed by atoms with Gasteiger partial charge in [0.2, 0.25) is 0 Å². The summed E-state index contributed by atoms with van der Waals surface area (Å²) in [5.41, 5.74) is -1.42. The van der Waals surface area contributed by atoms with E-state index in [2.05, 4.69) is 0 Å². The maximum Gasteiger partial charge on any atom is 0.472 e. The molecular formula is C10HCl4F6NO2. The molecular weight excluding hydrogens is 422 g/mol. The van der Waals surface area contributed by atoms with Gasteiger partial charge in [-0.05, 0) is 6.07 Å². The number of hydrogen-bond donors (Lipinski definition) is 0. The highest BCUT2D eigenvalue weighted by Gasteiger charge is 2.54. The summed E-state index contributed by atoms with van der Waals surface area (Å²) in [6.45, 7) is 0. The van der Waals surface area contributed by atoms with Gasteiger partial charge in [-0.15, -0.1) is 0 Å². The van der Waals surface area contributed by atoms with E-state index in [0.29, 0.717) is 0 Å². The Labute approximate surface area is 143 Å². The van der Waals surface area contributed by atoms with Gasteiger partial charge in [-0.1, -0.05) is 46.4 Å². The van der Waals surface area contributed by atoms with Crippen molar-refractivity contribution in [1.29, 1.82) is 0 Å². The van der Waals surface area contributed by atoms with Crippen LogP contribution < -0.4 is 4.90 Å². The number of hydrogen-bond acceptors (Lipinski definition) is 2. The van der Waals surface area contributed by atoms with Crippen LogP contribution in [0.25, 0.3) is 0 Å². The highest BCUT2D eigenvalue weighted by Crippen LogP contribution is 2.45. The highest BCUT2D eigenvalue weighted by atomic mass is 35.5. The molecule has 1 rings (SSSR count). The molecule has 0 N–H and O–H groups in total. The Balaban J connectivity index is 3.74. The molecule has 0 saturated carbocycles. The van der Waals surface area contributed by atoms with E-state index in [1.807, 2.05) is 0 Å². The Hall–Kier alpha value is -0.900. The lowest BCUT2D eigenvalue weighted by Crippen LogP contribution is -2.50. The molecule has 0 heterocycles. The van der Waals surface area contributed by atoms with E-state index in [4.69, 9.17) is 46.4 Å². The first kappa shape index (κ1) is 20.1. The summed E-state index contributed by atoms with van der Waals surface area (Å²) >= 11 is 22.0. The van der Waals surface area contributed by atoms with Crippen LogP contribution in [0.15, 0.2) is 6.07 Å². The van der Waals surface area contributed by atoms with Gasteiger partial charge in [0.15, 0.2) is 0 Å². The third-order valence-corrected chi connectivity index (χ3v) is 3.76. The number of anilines is 1. The highest BCUT2D eigenvalue weighted by molar-refractivity contribution is 6.51. The molecule has 0 radical (unpaired) electrons. The lowest BCUT2D eigenvalue weighted by atomic mass is 10.2. The van der Waals surface area contributed by atoms with Crippen molar-refractivity contribution in [1.82, 2.24) is 0 Å². The molecule has 0 unspecified atom stereocenters. The Bertz CT molecular complexity index is 621. The van der Waals surface area contributed by atoms with E-state index in [0.717, 1.165) is 6.07 Å². The Morgan fingerprint density at radius 2 is 1.09 bits per heavy atom.